The highest BCUT2D eigenvalue weighted by Gasteiger charge is 2.30. The van der Waals surface area contributed by atoms with Crippen LogP contribution in [-0.4, -0.2) is 41.9 Å². The fraction of sp³-hybridized carbons (Fsp3) is 0.353. The summed E-state index contributed by atoms with van der Waals surface area (Å²) < 4.78 is 5.90. The van der Waals surface area contributed by atoms with Crippen LogP contribution in [0.1, 0.15) is 24.8 Å². The molecule has 1 aromatic carbocycles. The van der Waals surface area contributed by atoms with Gasteiger partial charge in [-0.25, -0.2) is 4.79 Å². The number of carbonyl (C=O) groups excluding carboxylic acids is 3. The SMILES string of the molecule is NC(=O)[C@@H]1CCCCN1C(=O)COC(=O)/C=C/c1ccc(Br)cc1. The molecule has 1 aliphatic rings. The van der Waals surface area contributed by atoms with Crippen molar-refractivity contribution in [3.05, 3.63) is 40.4 Å². The third kappa shape index (κ3) is 5.19. The van der Waals surface area contributed by atoms with Crippen LogP contribution in [0.25, 0.3) is 6.08 Å². The molecule has 2 N–H and O–H groups in total. The summed E-state index contributed by atoms with van der Waals surface area (Å²) in [6.45, 7) is 0.0615. The summed E-state index contributed by atoms with van der Waals surface area (Å²) in [5, 5.41) is 0. The molecule has 1 aromatic rings. The number of carbonyl (C=O) groups is 3. The molecular weight excluding hydrogens is 376 g/mol. The predicted octanol–water partition coefficient (Wildman–Crippen LogP) is 1.87. The lowest BCUT2D eigenvalue weighted by Gasteiger charge is -2.33. The number of esters is 1. The van der Waals surface area contributed by atoms with Crippen molar-refractivity contribution in [2.24, 2.45) is 5.73 Å². The number of hydrogen-bond donors (Lipinski definition) is 1. The van der Waals surface area contributed by atoms with Crippen LogP contribution in [0.5, 0.6) is 0 Å². The number of nitrogens with zero attached hydrogens (tertiary/aromatic N) is 1. The van der Waals surface area contributed by atoms with Gasteiger partial charge in [0.15, 0.2) is 6.61 Å². The van der Waals surface area contributed by atoms with Crippen LogP contribution in [-0.2, 0) is 19.1 Å². The summed E-state index contributed by atoms with van der Waals surface area (Å²) >= 11 is 3.33. The standard InChI is InChI=1S/C17H19BrN2O4/c18-13-7-4-12(5-8-13)6-9-16(22)24-11-15(21)20-10-2-1-3-14(20)17(19)23/h4-9,14H,1-3,10-11H2,(H2,19,23)/b9-6+/t14-/m0/s1. The Balaban J connectivity index is 1.85. The molecule has 1 heterocycles. The van der Waals surface area contributed by atoms with E-state index in [0.717, 1.165) is 22.9 Å². The van der Waals surface area contributed by atoms with Gasteiger partial charge in [-0.1, -0.05) is 28.1 Å². The first-order valence-electron chi connectivity index (χ1n) is 7.66. The molecule has 6 nitrogen and oxygen atoms in total. The Morgan fingerprint density at radius 3 is 2.62 bits per heavy atom. The molecule has 0 radical (unpaired) electrons. The molecule has 7 heteroatoms. The first-order valence-corrected chi connectivity index (χ1v) is 8.46. The number of amides is 2. The average Bonchev–Trinajstić information content (AvgIpc) is 2.59. The number of rotatable bonds is 5. The number of primary amides is 1. The lowest BCUT2D eigenvalue weighted by atomic mass is 10.0. The lowest BCUT2D eigenvalue weighted by molar-refractivity contribution is -0.151. The van der Waals surface area contributed by atoms with Crippen molar-refractivity contribution in [3.63, 3.8) is 0 Å². The Bertz CT molecular complexity index is 642. The first kappa shape index (κ1) is 18.2. The van der Waals surface area contributed by atoms with Crippen LogP contribution >= 0.6 is 15.9 Å². The van der Waals surface area contributed by atoms with Crippen molar-refractivity contribution in [2.75, 3.05) is 13.2 Å². The highest BCUT2D eigenvalue weighted by Crippen LogP contribution is 2.17. The van der Waals surface area contributed by atoms with E-state index >= 15 is 0 Å². The molecule has 128 valence electrons. The number of halogens is 1. The lowest BCUT2D eigenvalue weighted by Crippen LogP contribution is -2.51. The zero-order valence-electron chi connectivity index (χ0n) is 13.1. The average molecular weight is 395 g/mol. The van der Waals surface area contributed by atoms with Crippen LogP contribution < -0.4 is 5.73 Å². The minimum atomic E-state index is -0.612. The molecule has 1 aliphatic heterocycles. The topological polar surface area (TPSA) is 89.7 Å². The number of likely N-dealkylation sites (tertiary alicyclic amines) is 1. The monoisotopic (exact) mass is 394 g/mol. The number of benzene rings is 1. The van der Waals surface area contributed by atoms with Gasteiger partial charge in [0.25, 0.3) is 5.91 Å². The fourth-order valence-corrected chi connectivity index (χ4v) is 2.79. The maximum Gasteiger partial charge on any atom is 0.331 e. The molecule has 2 amide bonds. The molecule has 1 saturated heterocycles. The van der Waals surface area contributed by atoms with Crippen molar-refractivity contribution in [3.8, 4) is 0 Å². The third-order valence-electron chi connectivity index (χ3n) is 3.77. The van der Waals surface area contributed by atoms with E-state index in [0.29, 0.717) is 13.0 Å². The summed E-state index contributed by atoms with van der Waals surface area (Å²) in [6.07, 6.45) is 5.09. The van der Waals surface area contributed by atoms with E-state index in [2.05, 4.69) is 15.9 Å². The Morgan fingerprint density at radius 1 is 1.25 bits per heavy atom. The van der Waals surface area contributed by atoms with Gasteiger partial charge in [-0.3, -0.25) is 9.59 Å². The largest absolute Gasteiger partial charge is 0.452 e. The molecule has 1 fully saturated rings. The van der Waals surface area contributed by atoms with Gasteiger partial charge in [0.2, 0.25) is 5.91 Å². The van der Waals surface area contributed by atoms with Crippen LogP contribution in [0.2, 0.25) is 0 Å². The normalized spacial score (nSPS) is 17.7. The smallest absolute Gasteiger partial charge is 0.331 e. The maximum atomic E-state index is 12.1. The zero-order valence-corrected chi connectivity index (χ0v) is 14.7. The molecule has 0 saturated carbocycles. The second kappa shape index (κ2) is 8.63. The summed E-state index contributed by atoms with van der Waals surface area (Å²) in [6, 6.07) is 6.78. The molecule has 2 rings (SSSR count). The molecule has 1 atom stereocenters. The van der Waals surface area contributed by atoms with Gasteiger partial charge in [-0.2, -0.15) is 0 Å². The Kier molecular flexibility index (Phi) is 6.54. The number of ether oxygens (including phenoxy) is 1. The Labute approximate surface area is 148 Å². The van der Waals surface area contributed by atoms with Crippen molar-refractivity contribution < 1.29 is 19.1 Å². The van der Waals surface area contributed by atoms with Gasteiger partial charge in [0.05, 0.1) is 0 Å². The molecule has 0 spiro atoms. The van der Waals surface area contributed by atoms with E-state index in [4.69, 9.17) is 10.5 Å². The van der Waals surface area contributed by atoms with Crippen molar-refractivity contribution in [1.29, 1.82) is 0 Å². The van der Waals surface area contributed by atoms with E-state index in [9.17, 15) is 14.4 Å². The zero-order chi connectivity index (χ0) is 17.5. The van der Waals surface area contributed by atoms with Crippen molar-refractivity contribution >= 4 is 39.8 Å². The molecule has 0 unspecified atom stereocenters. The summed E-state index contributed by atoms with van der Waals surface area (Å²) in [5.41, 5.74) is 6.16. The van der Waals surface area contributed by atoms with Crippen LogP contribution in [0.3, 0.4) is 0 Å². The number of nitrogens with two attached hydrogens (primary N) is 1. The van der Waals surface area contributed by atoms with Crippen LogP contribution in [0.4, 0.5) is 0 Å². The van der Waals surface area contributed by atoms with Gasteiger partial charge in [0.1, 0.15) is 6.04 Å². The Hall–Kier alpha value is -2.15. The van der Waals surface area contributed by atoms with E-state index in [1.165, 1.54) is 11.0 Å². The van der Waals surface area contributed by atoms with Gasteiger partial charge in [-0.15, -0.1) is 0 Å². The van der Waals surface area contributed by atoms with Gasteiger partial charge in [0, 0.05) is 17.1 Å². The second-order valence-corrected chi connectivity index (χ2v) is 6.41. The molecular formula is C17H19BrN2O4. The number of piperidine rings is 1. The second-order valence-electron chi connectivity index (χ2n) is 5.49. The third-order valence-corrected chi connectivity index (χ3v) is 4.30. The summed E-state index contributed by atoms with van der Waals surface area (Å²) in [4.78, 5) is 36.6. The highest BCUT2D eigenvalue weighted by atomic mass is 79.9. The Morgan fingerprint density at radius 2 is 1.96 bits per heavy atom. The maximum absolute atomic E-state index is 12.1. The summed E-state index contributed by atoms with van der Waals surface area (Å²) in [7, 11) is 0. The van der Waals surface area contributed by atoms with Gasteiger partial charge >= 0.3 is 5.97 Å². The quantitative estimate of drug-likeness (QED) is 0.609. The minimum Gasteiger partial charge on any atom is -0.452 e. The fourth-order valence-electron chi connectivity index (χ4n) is 2.53. The number of hydrogen-bond acceptors (Lipinski definition) is 4. The molecule has 24 heavy (non-hydrogen) atoms. The highest BCUT2D eigenvalue weighted by molar-refractivity contribution is 9.10. The molecule has 0 aromatic heterocycles. The summed E-state index contributed by atoms with van der Waals surface area (Å²) in [5.74, 6) is -1.53. The minimum absolute atomic E-state index is 0.396. The van der Waals surface area contributed by atoms with Gasteiger partial charge in [-0.05, 0) is 43.0 Å². The predicted molar refractivity (Wildman–Crippen MR) is 92.7 cm³/mol. The van der Waals surface area contributed by atoms with Crippen LogP contribution in [0, 0.1) is 0 Å². The first-order chi connectivity index (χ1) is 11.5. The van der Waals surface area contributed by atoms with Crippen LogP contribution in [0.15, 0.2) is 34.8 Å². The van der Waals surface area contributed by atoms with E-state index in [-0.39, 0.29) is 0 Å². The van der Waals surface area contributed by atoms with Gasteiger partial charge < -0.3 is 15.4 Å². The van der Waals surface area contributed by atoms with E-state index in [1.54, 1.807) is 6.08 Å². The van der Waals surface area contributed by atoms with Crippen molar-refractivity contribution in [1.82, 2.24) is 4.90 Å². The van der Waals surface area contributed by atoms with E-state index < -0.39 is 30.4 Å². The van der Waals surface area contributed by atoms with Crippen molar-refractivity contribution in [2.45, 2.75) is 25.3 Å². The molecule has 0 bridgehead atoms. The molecule has 0 aliphatic carbocycles. The van der Waals surface area contributed by atoms with E-state index in [1.807, 2.05) is 24.3 Å².